The Morgan fingerprint density at radius 3 is 2.69 bits per heavy atom. The third-order valence-corrected chi connectivity index (χ3v) is 4.05. The van der Waals surface area contributed by atoms with Gasteiger partial charge in [-0.2, -0.15) is 11.8 Å². The molecule has 1 aliphatic rings. The summed E-state index contributed by atoms with van der Waals surface area (Å²) in [5, 5.41) is 0.519. The van der Waals surface area contributed by atoms with Gasteiger partial charge in [0, 0.05) is 17.6 Å². The van der Waals surface area contributed by atoms with Crippen molar-refractivity contribution in [2.45, 2.75) is 31.9 Å². The van der Waals surface area contributed by atoms with Gasteiger partial charge in [0.25, 0.3) is 0 Å². The molecular weight excluding hydrogens is 180 g/mol. The summed E-state index contributed by atoms with van der Waals surface area (Å²) < 4.78 is 0. The highest BCUT2D eigenvalue weighted by atomic mass is 32.2. The molecule has 1 nitrogen and oxygen atoms in total. The lowest BCUT2D eigenvalue weighted by atomic mass is 9.76. The lowest BCUT2D eigenvalue weighted by Gasteiger charge is -2.32. The van der Waals surface area contributed by atoms with Gasteiger partial charge in [-0.15, -0.1) is 0 Å². The second kappa shape index (κ2) is 4.32. The van der Waals surface area contributed by atoms with E-state index >= 15 is 0 Å². The molecular formula is C11H18OS. The van der Waals surface area contributed by atoms with E-state index in [1.807, 2.05) is 25.6 Å². The van der Waals surface area contributed by atoms with Crippen LogP contribution in [-0.2, 0) is 4.79 Å². The zero-order chi connectivity index (χ0) is 10.0. The molecule has 2 heteroatoms. The first-order valence-electron chi connectivity index (χ1n) is 4.77. The van der Waals surface area contributed by atoms with E-state index in [4.69, 9.17) is 0 Å². The fraction of sp³-hybridized carbons (Fsp3) is 0.727. The minimum Gasteiger partial charge on any atom is -0.299 e. The van der Waals surface area contributed by atoms with E-state index in [0.29, 0.717) is 17.0 Å². The van der Waals surface area contributed by atoms with Crippen LogP contribution in [0.1, 0.15) is 26.7 Å². The normalized spacial score (nSPS) is 34.7. The molecule has 74 valence electrons. The highest BCUT2D eigenvalue weighted by Gasteiger charge is 2.33. The average molecular weight is 198 g/mol. The molecule has 0 amide bonds. The number of carbonyl (C=O) groups excluding carboxylic acids is 1. The minimum absolute atomic E-state index is 0.195. The standard InChI is InChI=1S/C11H18OS/c1-7(2)10-5-9(13-4)6-11(12)8(10)3/h8-10H,1,5-6H2,2-4H3. The predicted octanol–water partition coefficient (Wildman–Crippen LogP) is 2.91. The second-order valence-corrected chi connectivity index (χ2v) is 5.14. The van der Waals surface area contributed by atoms with Gasteiger partial charge in [0.1, 0.15) is 5.78 Å². The predicted molar refractivity (Wildman–Crippen MR) is 59.0 cm³/mol. The molecule has 0 spiro atoms. The van der Waals surface area contributed by atoms with Crippen LogP contribution >= 0.6 is 11.8 Å². The Labute approximate surface area is 85.0 Å². The van der Waals surface area contributed by atoms with Gasteiger partial charge < -0.3 is 0 Å². The summed E-state index contributed by atoms with van der Waals surface area (Å²) in [6.07, 6.45) is 3.97. The number of thioether (sulfide) groups is 1. The van der Waals surface area contributed by atoms with Crippen LogP contribution < -0.4 is 0 Å². The lowest BCUT2D eigenvalue weighted by Crippen LogP contribution is -2.32. The average Bonchev–Trinajstić information content (AvgIpc) is 2.09. The first-order valence-corrected chi connectivity index (χ1v) is 6.06. The Kier molecular flexibility index (Phi) is 3.60. The first-order chi connectivity index (χ1) is 6.06. The third-order valence-electron chi connectivity index (χ3n) is 3.02. The Bertz CT molecular complexity index is 222. The van der Waals surface area contributed by atoms with E-state index in [2.05, 4.69) is 12.8 Å². The summed E-state index contributed by atoms with van der Waals surface area (Å²) in [6.45, 7) is 8.05. The number of ketones is 1. The summed E-state index contributed by atoms with van der Waals surface area (Å²) in [5.74, 6) is 1.03. The van der Waals surface area contributed by atoms with Gasteiger partial charge in [-0.25, -0.2) is 0 Å². The number of hydrogen-bond acceptors (Lipinski definition) is 2. The van der Waals surface area contributed by atoms with Crippen molar-refractivity contribution < 1.29 is 4.79 Å². The van der Waals surface area contributed by atoms with Gasteiger partial charge in [0.15, 0.2) is 0 Å². The molecule has 1 rings (SSSR count). The van der Waals surface area contributed by atoms with Crippen molar-refractivity contribution in [3.8, 4) is 0 Å². The van der Waals surface area contributed by atoms with Crippen LogP contribution in [0.3, 0.4) is 0 Å². The second-order valence-electron chi connectivity index (χ2n) is 4.01. The molecule has 3 atom stereocenters. The summed E-state index contributed by atoms with van der Waals surface area (Å²) in [4.78, 5) is 11.6. The molecule has 0 heterocycles. The van der Waals surface area contributed by atoms with Gasteiger partial charge in [-0.1, -0.05) is 19.1 Å². The van der Waals surface area contributed by atoms with Crippen molar-refractivity contribution >= 4 is 17.5 Å². The maximum Gasteiger partial charge on any atom is 0.137 e. The van der Waals surface area contributed by atoms with Crippen LogP contribution in [0.25, 0.3) is 0 Å². The van der Waals surface area contributed by atoms with E-state index in [0.717, 1.165) is 12.8 Å². The van der Waals surface area contributed by atoms with E-state index < -0.39 is 0 Å². The largest absolute Gasteiger partial charge is 0.299 e. The number of rotatable bonds is 2. The summed E-state index contributed by atoms with van der Waals surface area (Å²) in [5.41, 5.74) is 1.17. The SMILES string of the molecule is C=C(C)C1CC(SC)CC(=O)C1C. The van der Waals surface area contributed by atoms with Crippen LogP contribution in [0.5, 0.6) is 0 Å². The highest BCUT2D eigenvalue weighted by Crippen LogP contribution is 2.36. The zero-order valence-electron chi connectivity index (χ0n) is 8.67. The van der Waals surface area contributed by atoms with E-state index in [-0.39, 0.29) is 5.92 Å². The van der Waals surface area contributed by atoms with Crippen LogP contribution in [0.2, 0.25) is 0 Å². The van der Waals surface area contributed by atoms with Gasteiger partial charge in [0.2, 0.25) is 0 Å². The molecule has 1 saturated carbocycles. The Morgan fingerprint density at radius 1 is 1.62 bits per heavy atom. The molecule has 1 aliphatic carbocycles. The number of allylic oxidation sites excluding steroid dienone is 1. The molecule has 0 aromatic heterocycles. The van der Waals surface area contributed by atoms with Crippen LogP contribution in [0.15, 0.2) is 12.2 Å². The molecule has 1 fully saturated rings. The molecule has 0 aromatic rings. The molecule has 0 saturated heterocycles. The lowest BCUT2D eigenvalue weighted by molar-refractivity contribution is -0.125. The fourth-order valence-electron chi connectivity index (χ4n) is 2.01. The van der Waals surface area contributed by atoms with Crippen molar-refractivity contribution in [1.29, 1.82) is 0 Å². The Hall–Kier alpha value is -0.240. The summed E-state index contributed by atoms with van der Waals surface area (Å²) >= 11 is 1.81. The van der Waals surface area contributed by atoms with E-state index in [9.17, 15) is 4.79 Å². The topological polar surface area (TPSA) is 17.1 Å². The van der Waals surface area contributed by atoms with Crippen molar-refractivity contribution in [3.63, 3.8) is 0 Å². The molecule has 0 bridgehead atoms. The van der Waals surface area contributed by atoms with Gasteiger partial charge >= 0.3 is 0 Å². The number of carbonyl (C=O) groups is 1. The van der Waals surface area contributed by atoms with Crippen LogP contribution in [-0.4, -0.2) is 17.3 Å². The third kappa shape index (κ3) is 2.37. The van der Waals surface area contributed by atoms with Crippen LogP contribution in [0.4, 0.5) is 0 Å². The molecule has 13 heavy (non-hydrogen) atoms. The first kappa shape index (κ1) is 10.8. The summed E-state index contributed by atoms with van der Waals surface area (Å²) in [6, 6.07) is 0. The molecule has 0 N–H and O–H groups in total. The minimum atomic E-state index is 0.195. The van der Waals surface area contributed by atoms with Crippen molar-refractivity contribution in [2.75, 3.05) is 6.26 Å². The van der Waals surface area contributed by atoms with Gasteiger partial charge in [-0.3, -0.25) is 4.79 Å². The summed E-state index contributed by atoms with van der Waals surface area (Å²) in [7, 11) is 0. The van der Waals surface area contributed by atoms with E-state index in [1.54, 1.807) is 0 Å². The molecule has 3 unspecified atom stereocenters. The van der Waals surface area contributed by atoms with Crippen molar-refractivity contribution in [1.82, 2.24) is 0 Å². The number of hydrogen-bond donors (Lipinski definition) is 0. The smallest absolute Gasteiger partial charge is 0.137 e. The number of Topliss-reactive ketones (excluding diaryl/α,β-unsaturated/α-hetero) is 1. The Balaban J connectivity index is 2.72. The van der Waals surface area contributed by atoms with Gasteiger partial charge in [-0.05, 0) is 25.5 Å². The highest BCUT2D eigenvalue weighted by molar-refractivity contribution is 7.99. The fourth-order valence-corrected chi connectivity index (χ4v) is 2.74. The maximum atomic E-state index is 11.6. The van der Waals surface area contributed by atoms with Crippen molar-refractivity contribution in [3.05, 3.63) is 12.2 Å². The zero-order valence-corrected chi connectivity index (χ0v) is 9.49. The molecule has 0 radical (unpaired) electrons. The molecule has 0 aromatic carbocycles. The van der Waals surface area contributed by atoms with Crippen LogP contribution in [0, 0.1) is 11.8 Å². The molecule has 0 aliphatic heterocycles. The quantitative estimate of drug-likeness (QED) is 0.635. The Morgan fingerprint density at radius 2 is 2.23 bits per heavy atom. The van der Waals surface area contributed by atoms with Gasteiger partial charge in [0.05, 0.1) is 0 Å². The van der Waals surface area contributed by atoms with Crippen molar-refractivity contribution in [2.24, 2.45) is 11.8 Å². The maximum absolute atomic E-state index is 11.6. The monoisotopic (exact) mass is 198 g/mol. The van der Waals surface area contributed by atoms with E-state index in [1.165, 1.54) is 5.57 Å².